The fourth-order valence-electron chi connectivity index (χ4n) is 1.84. The van der Waals surface area contributed by atoms with Crippen LogP contribution >= 0.6 is 15.9 Å². The first-order valence-electron chi connectivity index (χ1n) is 5.33. The molecular weight excluding hydrogens is 288 g/mol. The minimum atomic E-state index is -0.850. The van der Waals surface area contributed by atoms with Gasteiger partial charge in [0.05, 0.1) is 10.4 Å². The van der Waals surface area contributed by atoms with E-state index in [-0.39, 0.29) is 0 Å². The van der Waals surface area contributed by atoms with Crippen LogP contribution in [0.4, 0.5) is 0 Å². The van der Waals surface area contributed by atoms with Crippen molar-refractivity contribution in [3.8, 4) is 11.5 Å². The Balaban J connectivity index is 2.55. The number of fused-ring (bicyclic) bond motifs is 1. The smallest absolute Gasteiger partial charge is 0.310 e. The number of ether oxygens (including phenoxy) is 2. The molecule has 0 saturated carbocycles. The van der Waals surface area contributed by atoms with Crippen molar-refractivity contribution in [1.82, 2.24) is 0 Å². The van der Waals surface area contributed by atoms with E-state index >= 15 is 0 Å². The summed E-state index contributed by atoms with van der Waals surface area (Å²) >= 11 is 3.44. The summed E-state index contributed by atoms with van der Waals surface area (Å²) < 4.78 is 11.8. The van der Waals surface area contributed by atoms with Crippen molar-refractivity contribution < 1.29 is 19.4 Å². The lowest BCUT2D eigenvalue weighted by molar-refractivity contribution is -0.138. The van der Waals surface area contributed by atoms with Gasteiger partial charge in [0.2, 0.25) is 0 Å². The summed E-state index contributed by atoms with van der Waals surface area (Å²) in [4.78, 5) is 11.0. The van der Waals surface area contributed by atoms with Gasteiger partial charge in [0.25, 0.3) is 0 Å². The molecule has 1 aromatic rings. The predicted octanol–water partition coefficient (Wildman–Crippen LogP) is 2.72. The average Bonchev–Trinajstić information content (AvgIpc) is 2.33. The fourth-order valence-corrected chi connectivity index (χ4v) is 2.38. The lowest BCUT2D eigenvalue weighted by atomic mass is 9.96. The van der Waals surface area contributed by atoms with E-state index in [1.807, 2.05) is 6.92 Å². The molecule has 0 bridgehead atoms. The number of halogens is 1. The fraction of sp³-hybridized carbons (Fsp3) is 0.417. The zero-order valence-corrected chi connectivity index (χ0v) is 11.2. The summed E-state index contributed by atoms with van der Waals surface area (Å²) in [5, 5.41) is 9.07. The zero-order chi connectivity index (χ0) is 12.6. The summed E-state index contributed by atoms with van der Waals surface area (Å²) in [5.41, 5.74) is 1.62. The van der Waals surface area contributed by atoms with Crippen LogP contribution in [0.2, 0.25) is 0 Å². The highest BCUT2D eigenvalue weighted by molar-refractivity contribution is 9.10. The van der Waals surface area contributed by atoms with Gasteiger partial charge in [-0.3, -0.25) is 4.79 Å². The Morgan fingerprint density at radius 3 is 2.76 bits per heavy atom. The highest BCUT2D eigenvalue weighted by Gasteiger charge is 2.24. The molecular formula is C12H13BrO4. The van der Waals surface area contributed by atoms with Crippen molar-refractivity contribution in [3.63, 3.8) is 0 Å². The van der Waals surface area contributed by atoms with Crippen LogP contribution in [0.1, 0.15) is 24.0 Å². The molecule has 0 aromatic heterocycles. The molecule has 1 unspecified atom stereocenters. The Labute approximate surface area is 108 Å². The maximum absolute atomic E-state index is 11.0. The van der Waals surface area contributed by atoms with E-state index in [4.69, 9.17) is 14.6 Å². The second-order valence-corrected chi connectivity index (χ2v) is 4.78. The summed E-state index contributed by atoms with van der Waals surface area (Å²) in [6, 6.07) is 1.76. The standard InChI is InChI=1S/C12H13BrO4/c1-6-8(7(2)12(14)15)5-9-11(10(6)13)17-4-3-16-9/h5,7H,3-4H2,1-2H3,(H,14,15). The van der Waals surface area contributed by atoms with E-state index in [1.165, 1.54) is 0 Å². The maximum atomic E-state index is 11.0. The van der Waals surface area contributed by atoms with E-state index in [9.17, 15) is 4.79 Å². The largest absolute Gasteiger partial charge is 0.486 e. The number of hydrogen-bond acceptors (Lipinski definition) is 3. The highest BCUT2D eigenvalue weighted by atomic mass is 79.9. The summed E-state index contributed by atoms with van der Waals surface area (Å²) in [6.07, 6.45) is 0. The minimum Gasteiger partial charge on any atom is -0.486 e. The molecule has 0 fully saturated rings. The van der Waals surface area contributed by atoms with Crippen LogP contribution in [-0.2, 0) is 4.79 Å². The van der Waals surface area contributed by atoms with Gasteiger partial charge in [0.1, 0.15) is 13.2 Å². The SMILES string of the molecule is Cc1c(C(C)C(=O)O)cc2c(c1Br)OCCO2. The van der Waals surface area contributed by atoms with Gasteiger partial charge < -0.3 is 14.6 Å². The van der Waals surface area contributed by atoms with Crippen molar-refractivity contribution in [1.29, 1.82) is 0 Å². The number of carboxylic acids is 1. The van der Waals surface area contributed by atoms with Gasteiger partial charge in [0.15, 0.2) is 11.5 Å². The quantitative estimate of drug-likeness (QED) is 0.912. The van der Waals surface area contributed by atoms with Crippen LogP contribution in [0.5, 0.6) is 11.5 Å². The maximum Gasteiger partial charge on any atom is 0.310 e. The van der Waals surface area contributed by atoms with E-state index in [2.05, 4.69) is 15.9 Å². The highest BCUT2D eigenvalue weighted by Crippen LogP contribution is 2.43. The molecule has 0 saturated heterocycles. The third kappa shape index (κ3) is 2.11. The predicted molar refractivity (Wildman–Crippen MR) is 65.9 cm³/mol. The van der Waals surface area contributed by atoms with Gasteiger partial charge in [-0.15, -0.1) is 0 Å². The Kier molecular flexibility index (Phi) is 3.28. The minimum absolute atomic E-state index is 0.489. The Bertz CT molecular complexity index is 470. The van der Waals surface area contributed by atoms with Gasteiger partial charge in [-0.25, -0.2) is 0 Å². The van der Waals surface area contributed by atoms with Gasteiger partial charge >= 0.3 is 5.97 Å². The molecule has 1 heterocycles. The third-order valence-electron chi connectivity index (χ3n) is 2.90. The second-order valence-electron chi connectivity index (χ2n) is 3.99. The Morgan fingerprint density at radius 1 is 1.47 bits per heavy atom. The number of carboxylic acid groups (broad SMARTS) is 1. The third-order valence-corrected chi connectivity index (χ3v) is 3.85. The number of benzene rings is 1. The molecule has 0 amide bonds. The van der Waals surface area contributed by atoms with Crippen LogP contribution in [-0.4, -0.2) is 24.3 Å². The second kappa shape index (κ2) is 4.56. The lowest BCUT2D eigenvalue weighted by Gasteiger charge is -2.23. The summed E-state index contributed by atoms with van der Waals surface area (Å²) in [5.74, 6) is -0.147. The molecule has 17 heavy (non-hydrogen) atoms. The van der Waals surface area contributed by atoms with Gasteiger partial charge in [-0.2, -0.15) is 0 Å². The van der Waals surface area contributed by atoms with Crippen molar-refractivity contribution in [2.75, 3.05) is 13.2 Å². The van der Waals surface area contributed by atoms with E-state index < -0.39 is 11.9 Å². The molecule has 1 aliphatic rings. The normalized spacial score (nSPS) is 15.5. The number of rotatable bonds is 2. The number of aliphatic carboxylic acids is 1. The van der Waals surface area contributed by atoms with Crippen LogP contribution in [0, 0.1) is 6.92 Å². The molecule has 5 heteroatoms. The molecule has 4 nitrogen and oxygen atoms in total. The van der Waals surface area contributed by atoms with Gasteiger partial charge in [0, 0.05) is 0 Å². The molecule has 0 aliphatic carbocycles. The zero-order valence-electron chi connectivity index (χ0n) is 9.62. The van der Waals surface area contributed by atoms with Gasteiger partial charge in [-0.1, -0.05) is 0 Å². The van der Waals surface area contributed by atoms with Crippen molar-refractivity contribution in [3.05, 3.63) is 21.7 Å². The average molecular weight is 301 g/mol. The van der Waals surface area contributed by atoms with E-state index in [0.717, 1.165) is 15.6 Å². The molecule has 1 aromatic carbocycles. The molecule has 2 rings (SSSR count). The van der Waals surface area contributed by atoms with Crippen LogP contribution < -0.4 is 9.47 Å². The van der Waals surface area contributed by atoms with Gasteiger partial charge in [-0.05, 0) is 47.0 Å². The molecule has 0 spiro atoms. The van der Waals surface area contributed by atoms with Crippen molar-refractivity contribution in [2.45, 2.75) is 19.8 Å². The molecule has 1 N–H and O–H groups in total. The van der Waals surface area contributed by atoms with E-state index in [0.29, 0.717) is 24.7 Å². The van der Waals surface area contributed by atoms with Crippen LogP contribution in [0.15, 0.2) is 10.5 Å². The lowest BCUT2D eigenvalue weighted by Crippen LogP contribution is -2.17. The van der Waals surface area contributed by atoms with Crippen molar-refractivity contribution >= 4 is 21.9 Å². The Hall–Kier alpha value is -1.23. The monoisotopic (exact) mass is 300 g/mol. The molecule has 92 valence electrons. The molecule has 1 aliphatic heterocycles. The number of carbonyl (C=O) groups is 1. The summed E-state index contributed by atoms with van der Waals surface area (Å²) in [7, 11) is 0. The summed E-state index contributed by atoms with van der Waals surface area (Å²) in [6.45, 7) is 4.53. The van der Waals surface area contributed by atoms with Crippen LogP contribution in [0.3, 0.4) is 0 Å². The van der Waals surface area contributed by atoms with Crippen molar-refractivity contribution in [2.24, 2.45) is 0 Å². The topological polar surface area (TPSA) is 55.8 Å². The van der Waals surface area contributed by atoms with Crippen LogP contribution in [0.25, 0.3) is 0 Å². The molecule has 1 atom stereocenters. The number of hydrogen-bond donors (Lipinski definition) is 1. The van der Waals surface area contributed by atoms with E-state index in [1.54, 1.807) is 13.0 Å². The first-order valence-corrected chi connectivity index (χ1v) is 6.13. The molecule has 0 radical (unpaired) electrons. The Morgan fingerprint density at radius 2 is 2.12 bits per heavy atom. The first-order chi connectivity index (χ1) is 8.02. The first kappa shape index (κ1) is 12.2.